The van der Waals surface area contributed by atoms with Crippen molar-refractivity contribution in [3.8, 4) is 11.4 Å². The van der Waals surface area contributed by atoms with Crippen molar-refractivity contribution < 1.29 is 4.79 Å². The molecule has 6 heteroatoms. The number of amides is 1. The van der Waals surface area contributed by atoms with Gasteiger partial charge in [-0.3, -0.25) is 4.79 Å². The van der Waals surface area contributed by atoms with E-state index >= 15 is 0 Å². The zero-order chi connectivity index (χ0) is 15.2. The molecular formula is C15H20N4OS. The van der Waals surface area contributed by atoms with Crippen LogP contribution in [0.1, 0.15) is 20.3 Å². The minimum atomic E-state index is -0.192. The molecule has 0 bridgehead atoms. The van der Waals surface area contributed by atoms with Gasteiger partial charge in [0, 0.05) is 19.2 Å². The maximum absolute atomic E-state index is 11.9. The van der Waals surface area contributed by atoms with Gasteiger partial charge in [-0.15, -0.1) is 10.2 Å². The van der Waals surface area contributed by atoms with Crippen LogP contribution in [0.2, 0.25) is 0 Å². The number of nitrogens with one attached hydrogen (secondary N) is 1. The fraction of sp³-hybridized carbons (Fsp3) is 0.400. The Labute approximate surface area is 129 Å². The van der Waals surface area contributed by atoms with Crippen molar-refractivity contribution in [3.05, 3.63) is 30.3 Å². The molecule has 5 nitrogen and oxygen atoms in total. The Morgan fingerprint density at radius 3 is 2.71 bits per heavy atom. The first-order chi connectivity index (χ1) is 10.1. The van der Waals surface area contributed by atoms with Gasteiger partial charge in [0.1, 0.15) is 0 Å². The van der Waals surface area contributed by atoms with Gasteiger partial charge in [0.25, 0.3) is 0 Å². The van der Waals surface area contributed by atoms with Crippen molar-refractivity contribution in [2.75, 3.05) is 6.54 Å². The SMILES string of the molecule is CCCNC(=O)[C@@H](C)Sc1nnc(-c2ccccc2)n1C. The first-order valence-corrected chi connectivity index (χ1v) is 7.90. The summed E-state index contributed by atoms with van der Waals surface area (Å²) in [4.78, 5) is 11.9. The molecule has 0 saturated carbocycles. The summed E-state index contributed by atoms with van der Waals surface area (Å²) in [5, 5.41) is 11.9. The Bertz CT molecular complexity index is 597. The third-order valence-corrected chi connectivity index (χ3v) is 4.20. The predicted octanol–water partition coefficient (Wildman–Crippen LogP) is 2.49. The average Bonchev–Trinajstić information content (AvgIpc) is 2.86. The minimum Gasteiger partial charge on any atom is -0.355 e. The molecule has 0 fully saturated rings. The molecule has 1 heterocycles. The van der Waals surface area contributed by atoms with Gasteiger partial charge in [0.2, 0.25) is 5.91 Å². The van der Waals surface area contributed by atoms with Crippen LogP contribution in [0.25, 0.3) is 11.4 Å². The molecule has 1 amide bonds. The van der Waals surface area contributed by atoms with Crippen LogP contribution in [0.4, 0.5) is 0 Å². The Kier molecular flexibility index (Phi) is 5.38. The molecule has 1 aromatic heterocycles. The molecule has 0 radical (unpaired) electrons. The Morgan fingerprint density at radius 2 is 2.05 bits per heavy atom. The Morgan fingerprint density at radius 1 is 1.33 bits per heavy atom. The van der Waals surface area contributed by atoms with Crippen LogP contribution >= 0.6 is 11.8 Å². The standard InChI is InChI=1S/C15H20N4OS/c1-4-10-16-14(20)11(2)21-15-18-17-13(19(15)3)12-8-6-5-7-9-12/h5-9,11H,4,10H2,1-3H3,(H,16,20)/t11-/m1/s1. The summed E-state index contributed by atoms with van der Waals surface area (Å²) < 4.78 is 1.92. The van der Waals surface area contributed by atoms with E-state index in [9.17, 15) is 4.79 Å². The van der Waals surface area contributed by atoms with Crippen LogP contribution in [-0.2, 0) is 11.8 Å². The number of nitrogens with zero attached hydrogens (tertiary/aromatic N) is 3. The van der Waals surface area contributed by atoms with Crippen LogP contribution in [-0.4, -0.2) is 32.5 Å². The molecule has 0 aliphatic carbocycles. The van der Waals surface area contributed by atoms with E-state index < -0.39 is 0 Å². The second-order valence-corrected chi connectivity index (χ2v) is 6.09. The number of hydrogen-bond donors (Lipinski definition) is 1. The van der Waals surface area contributed by atoms with E-state index in [0.29, 0.717) is 6.54 Å². The number of aromatic nitrogens is 3. The monoisotopic (exact) mass is 304 g/mol. The molecule has 0 spiro atoms. The maximum Gasteiger partial charge on any atom is 0.233 e. The van der Waals surface area contributed by atoms with Crippen molar-refractivity contribution in [2.24, 2.45) is 7.05 Å². The van der Waals surface area contributed by atoms with Crippen molar-refractivity contribution in [3.63, 3.8) is 0 Å². The van der Waals surface area contributed by atoms with Crippen molar-refractivity contribution >= 4 is 17.7 Å². The molecule has 2 aromatic rings. The highest BCUT2D eigenvalue weighted by atomic mass is 32.2. The molecule has 1 aromatic carbocycles. The second kappa shape index (κ2) is 7.26. The zero-order valence-corrected chi connectivity index (χ0v) is 13.4. The van der Waals surface area contributed by atoms with Gasteiger partial charge in [-0.2, -0.15) is 0 Å². The van der Waals surface area contributed by atoms with Crippen LogP contribution in [0.3, 0.4) is 0 Å². The third kappa shape index (κ3) is 3.85. The second-order valence-electron chi connectivity index (χ2n) is 4.78. The molecule has 0 unspecified atom stereocenters. The van der Waals surface area contributed by atoms with E-state index in [2.05, 4.69) is 15.5 Å². The number of thioether (sulfide) groups is 1. The Balaban J connectivity index is 2.09. The minimum absolute atomic E-state index is 0.0334. The van der Waals surface area contributed by atoms with E-state index in [0.717, 1.165) is 23.0 Å². The van der Waals surface area contributed by atoms with Crippen molar-refractivity contribution in [1.29, 1.82) is 0 Å². The fourth-order valence-electron chi connectivity index (χ4n) is 1.86. The lowest BCUT2D eigenvalue weighted by atomic mass is 10.2. The fourth-order valence-corrected chi connectivity index (χ4v) is 2.70. The molecule has 1 atom stereocenters. The largest absolute Gasteiger partial charge is 0.355 e. The lowest BCUT2D eigenvalue weighted by Gasteiger charge is -2.11. The van der Waals surface area contributed by atoms with Gasteiger partial charge < -0.3 is 9.88 Å². The molecule has 0 aliphatic heterocycles. The van der Waals surface area contributed by atoms with Gasteiger partial charge in [0.05, 0.1) is 5.25 Å². The van der Waals surface area contributed by atoms with E-state index in [-0.39, 0.29) is 11.2 Å². The third-order valence-electron chi connectivity index (χ3n) is 3.07. The maximum atomic E-state index is 11.9. The quantitative estimate of drug-likeness (QED) is 0.833. The summed E-state index contributed by atoms with van der Waals surface area (Å²) in [5.41, 5.74) is 1.02. The van der Waals surface area contributed by atoms with Gasteiger partial charge in [-0.1, -0.05) is 49.0 Å². The summed E-state index contributed by atoms with van der Waals surface area (Å²) >= 11 is 1.42. The topological polar surface area (TPSA) is 59.8 Å². The number of hydrogen-bond acceptors (Lipinski definition) is 4. The highest BCUT2D eigenvalue weighted by Crippen LogP contribution is 2.25. The number of benzene rings is 1. The van der Waals surface area contributed by atoms with Crippen molar-refractivity contribution in [2.45, 2.75) is 30.7 Å². The van der Waals surface area contributed by atoms with E-state index in [1.54, 1.807) is 0 Å². The number of rotatable bonds is 6. The molecule has 0 saturated heterocycles. The first-order valence-electron chi connectivity index (χ1n) is 7.02. The average molecular weight is 304 g/mol. The summed E-state index contributed by atoms with van der Waals surface area (Å²) in [6.45, 7) is 4.62. The normalized spacial score (nSPS) is 12.1. The number of carbonyl (C=O) groups excluding carboxylic acids is 1. The van der Waals surface area contributed by atoms with Crippen LogP contribution in [0.5, 0.6) is 0 Å². The van der Waals surface area contributed by atoms with Gasteiger partial charge in [-0.25, -0.2) is 0 Å². The molecule has 112 valence electrons. The molecule has 0 aliphatic rings. The van der Waals surface area contributed by atoms with Crippen LogP contribution in [0.15, 0.2) is 35.5 Å². The lowest BCUT2D eigenvalue weighted by Crippen LogP contribution is -2.31. The first kappa shape index (κ1) is 15.6. The smallest absolute Gasteiger partial charge is 0.233 e. The van der Waals surface area contributed by atoms with Gasteiger partial charge in [0.15, 0.2) is 11.0 Å². The van der Waals surface area contributed by atoms with Crippen LogP contribution < -0.4 is 5.32 Å². The van der Waals surface area contributed by atoms with E-state index in [4.69, 9.17) is 0 Å². The molecule has 21 heavy (non-hydrogen) atoms. The molecule has 1 N–H and O–H groups in total. The highest BCUT2D eigenvalue weighted by molar-refractivity contribution is 8.00. The zero-order valence-electron chi connectivity index (χ0n) is 12.5. The summed E-state index contributed by atoms with van der Waals surface area (Å²) in [6, 6.07) is 9.90. The van der Waals surface area contributed by atoms with Gasteiger partial charge >= 0.3 is 0 Å². The van der Waals surface area contributed by atoms with Crippen molar-refractivity contribution in [1.82, 2.24) is 20.1 Å². The highest BCUT2D eigenvalue weighted by Gasteiger charge is 2.18. The number of carbonyl (C=O) groups is 1. The lowest BCUT2D eigenvalue weighted by molar-refractivity contribution is -0.120. The molecular weight excluding hydrogens is 284 g/mol. The van der Waals surface area contributed by atoms with E-state index in [1.165, 1.54) is 11.8 Å². The predicted molar refractivity (Wildman–Crippen MR) is 85.1 cm³/mol. The van der Waals surface area contributed by atoms with Crippen LogP contribution in [0, 0.1) is 0 Å². The summed E-state index contributed by atoms with van der Waals surface area (Å²) in [7, 11) is 1.92. The Hall–Kier alpha value is -1.82. The summed E-state index contributed by atoms with van der Waals surface area (Å²) in [6.07, 6.45) is 0.936. The summed E-state index contributed by atoms with van der Waals surface area (Å²) in [5.74, 6) is 0.838. The molecule has 2 rings (SSSR count). The van der Waals surface area contributed by atoms with Gasteiger partial charge in [-0.05, 0) is 13.3 Å². The van der Waals surface area contributed by atoms with E-state index in [1.807, 2.05) is 55.8 Å².